The van der Waals surface area contributed by atoms with Crippen LogP contribution in [0.3, 0.4) is 0 Å². The fraction of sp³-hybridized carbons (Fsp3) is 0.647. The van der Waals surface area contributed by atoms with Crippen molar-refractivity contribution in [2.24, 2.45) is 5.92 Å². The zero-order chi connectivity index (χ0) is 29.8. The smallest absolute Gasteiger partial charge is 0.261 e. The Hall–Kier alpha value is -1.29. The minimum atomic E-state index is -2.57. The molecule has 3 rings (SSSR count). The summed E-state index contributed by atoms with van der Waals surface area (Å²) in [5.41, 5.74) is 0. The topological polar surface area (TPSA) is 36.9 Å². The van der Waals surface area contributed by atoms with Gasteiger partial charge in [-0.15, -0.1) is 0 Å². The van der Waals surface area contributed by atoms with Gasteiger partial charge in [0.25, 0.3) is 8.32 Å². The molecule has 224 valence electrons. The van der Waals surface area contributed by atoms with Gasteiger partial charge in [0.15, 0.2) is 14.1 Å². The molecule has 3 atom stereocenters. The van der Waals surface area contributed by atoms with Crippen molar-refractivity contribution >= 4 is 27.0 Å². The van der Waals surface area contributed by atoms with Crippen LogP contribution in [-0.4, -0.2) is 47.8 Å². The third-order valence-electron chi connectivity index (χ3n) is 8.99. The van der Waals surface area contributed by atoms with Crippen molar-refractivity contribution < 1.29 is 18.3 Å². The number of hydrogen-bond donors (Lipinski definition) is 0. The molecule has 0 unspecified atom stereocenters. The van der Waals surface area contributed by atoms with Gasteiger partial charge in [-0.05, 0) is 72.6 Å². The van der Waals surface area contributed by atoms with Gasteiger partial charge in [-0.3, -0.25) is 0 Å². The molecule has 1 aliphatic rings. The Morgan fingerprint density at radius 3 is 1.77 bits per heavy atom. The Balaban J connectivity index is 1.72. The molecule has 0 aliphatic carbocycles. The molecule has 2 aromatic rings. The predicted octanol–water partition coefficient (Wildman–Crippen LogP) is 7.91. The monoisotopic (exact) mass is 584 g/mol. The van der Waals surface area contributed by atoms with E-state index in [9.17, 15) is 0 Å². The molecule has 0 radical (unpaired) electrons. The van der Waals surface area contributed by atoms with Crippen molar-refractivity contribution in [2.45, 2.75) is 123 Å². The summed E-state index contributed by atoms with van der Waals surface area (Å²) in [4.78, 5) is 0. The van der Waals surface area contributed by atoms with E-state index in [1.54, 1.807) is 0 Å². The zero-order valence-corrected chi connectivity index (χ0v) is 29.2. The van der Waals surface area contributed by atoms with E-state index in [-0.39, 0.29) is 22.3 Å². The van der Waals surface area contributed by atoms with E-state index in [4.69, 9.17) is 18.3 Å². The van der Waals surface area contributed by atoms with Crippen molar-refractivity contribution in [1.29, 1.82) is 0 Å². The van der Waals surface area contributed by atoms with Crippen LogP contribution in [0, 0.1) is 5.92 Å². The van der Waals surface area contributed by atoms with Gasteiger partial charge in [0.1, 0.15) is 0 Å². The minimum Gasteiger partial charge on any atom is -0.417 e. The highest BCUT2D eigenvalue weighted by Crippen LogP contribution is 2.39. The Bertz CT molecular complexity index is 1000. The third-order valence-corrected chi connectivity index (χ3v) is 18.6. The lowest BCUT2D eigenvalue weighted by Crippen LogP contribution is -2.66. The largest absolute Gasteiger partial charge is 0.417 e. The maximum absolute atomic E-state index is 7.18. The van der Waals surface area contributed by atoms with Crippen molar-refractivity contribution in [3.8, 4) is 0 Å². The molecule has 0 saturated carbocycles. The summed E-state index contributed by atoms with van der Waals surface area (Å²) < 4.78 is 26.6. The Kier molecular flexibility index (Phi) is 10.7. The molecule has 0 bridgehead atoms. The van der Waals surface area contributed by atoms with E-state index >= 15 is 0 Å². The van der Waals surface area contributed by atoms with Crippen molar-refractivity contribution in [1.82, 2.24) is 0 Å². The SMILES string of the molecule is C[C@H](CCCO[Si](C)(C)C(C)(C)C)[C@H]1OC(C)(C)O[C@@H]1CCO[Si](c1ccccc1)(c1ccccc1)C(C)(C)C. The lowest BCUT2D eigenvalue weighted by atomic mass is 9.94. The van der Waals surface area contributed by atoms with Crippen LogP contribution >= 0.6 is 0 Å². The number of rotatable bonds is 12. The van der Waals surface area contributed by atoms with Gasteiger partial charge >= 0.3 is 0 Å². The van der Waals surface area contributed by atoms with Gasteiger partial charge < -0.3 is 18.3 Å². The van der Waals surface area contributed by atoms with Crippen LogP contribution in [0.5, 0.6) is 0 Å². The van der Waals surface area contributed by atoms with Gasteiger partial charge in [0, 0.05) is 13.2 Å². The minimum absolute atomic E-state index is 0.00419. The molecule has 1 heterocycles. The maximum Gasteiger partial charge on any atom is 0.261 e. The average molecular weight is 585 g/mol. The molecular weight excluding hydrogens is 529 g/mol. The summed E-state index contributed by atoms with van der Waals surface area (Å²) in [6, 6.07) is 21.7. The highest BCUT2D eigenvalue weighted by atomic mass is 28.4. The Morgan fingerprint density at radius 2 is 1.30 bits per heavy atom. The quantitative estimate of drug-likeness (QED) is 0.188. The molecular formula is C34H56O4Si2. The van der Waals surface area contributed by atoms with Crippen LogP contribution in [0.1, 0.15) is 81.6 Å². The molecule has 0 N–H and O–H groups in total. The average Bonchev–Trinajstić information content (AvgIpc) is 3.18. The molecule has 40 heavy (non-hydrogen) atoms. The van der Waals surface area contributed by atoms with Crippen LogP contribution in [0.25, 0.3) is 0 Å². The second-order valence-corrected chi connectivity index (χ2v) is 23.8. The molecule has 6 heteroatoms. The van der Waals surface area contributed by atoms with Crippen LogP contribution in [0.2, 0.25) is 23.2 Å². The molecule has 0 spiro atoms. The van der Waals surface area contributed by atoms with Crippen molar-refractivity contribution in [2.75, 3.05) is 13.2 Å². The molecule has 2 aromatic carbocycles. The van der Waals surface area contributed by atoms with E-state index in [1.165, 1.54) is 10.4 Å². The number of benzene rings is 2. The third kappa shape index (κ3) is 7.75. The van der Waals surface area contributed by atoms with Crippen molar-refractivity contribution in [3.05, 3.63) is 60.7 Å². The first-order valence-corrected chi connectivity index (χ1v) is 20.1. The van der Waals surface area contributed by atoms with E-state index in [0.717, 1.165) is 25.9 Å². The summed E-state index contributed by atoms with van der Waals surface area (Å²) in [5, 5.41) is 2.81. The lowest BCUT2D eigenvalue weighted by Gasteiger charge is -2.43. The van der Waals surface area contributed by atoms with Gasteiger partial charge in [0.05, 0.1) is 12.2 Å². The zero-order valence-electron chi connectivity index (χ0n) is 27.2. The molecule has 0 aromatic heterocycles. The summed E-state index contributed by atoms with van der Waals surface area (Å²) in [5.74, 6) is -0.207. The van der Waals surface area contributed by atoms with Crippen LogP contribution in [0.15, 0.2) is 60.7 Å². The highest BCUT2D eigenvalue weighted by molar-refractivity contribution is 6.99. The standard InChI is InChI=1S/C34H56O4Si2/c1-27(19-18-25-35-39(10,11)32(2,3)4)31-30(37-34(8,9)38-31)24-26-36-40(33(5,6)7,28-20-14-12-15-21-28)29-22-16-13-17-23-29/h12-17,20-23,27,30-31H,18-19,24-26H2,1-11H3/t27-,30-,31-/m1/s1. The van der Waals surface area contributed by atoms with E-state index < -0.39 is 22.4 Å². The van der Waals surface area contributed by atoms with Crippen LogP contribution in [-0.2, 0) is 18.3 Å². The normalized spacial score (nSPS) is 21.0. The van der Waals surface area contributed by atoms with Gasteiger partial charge in [-0.1, -0.05) is 109 Å². The predicted molar refractivity (Wildman–Crippen MR) is 174 cm³/mol. The first-order chi connectivity index (χ1) is 18.5. The highest BCUT2D eigenvalue weighted by Gasteiger charge is 2.51. The summed E-state index contributed by atoms with van der Waals surface area (Å²) in [7, 11) is -4.30. The lowest BCUT2D eigenvalue weighted by molar-refractivity contribution is -0.150. The molecule has 0 amide bonds. The first kappa shape index (κ1) is 33.2. The molecule has 4 nitrogen and oxygen atoms in total. The van der Waals surface area contributed by atoms with Gasteiger partial charge in [0.2, 0.25) is 0 Å². The second-order valence-electron chi connectivity index (χ2n) is 14.7. The van der Waals surface area contributed by atoms with Crippen molar-refractivity contribution in [3.63, 3.8) is 0 Å². The molecule has 1 fully saturated rings. The van der Waals surface area contributed by atoms with Gasteiger partial charge in [-0.2, -0.15) is 0 Å². The maximum atomic E-state index is 7.18. The fourth-order valence-corrected chi connectivity index (χ4v) is 11.4. The van der Waals surface area contributed by atoms with E-state index in [2.05, 4.69) is 122 Å². The first-order valence-electron chi connectivity index (χ1n) is 15.2. The van der Waals surface area contributed by atoms with Crippen LogP contribution < -0.4 is 10.4 Å². The summed E-state index contributed by atoms with van der Waals surface area (Å²) >= 11 is 0. The fourth-order valence-electron chi connectivity index (χ4n) is 5.77. The van der Waals surface area contributed by atoms with Crippen LogP contribution in [0.4, 0.5) is 0 Å². The number of hydrogen-bond acceptors (Lipinski definition) is 4. The van der Waals surface area contributed by atoms with Gasteiger partial charge in [-0.25, -0.2) is 0 Å². The molecule has 1 aliphatic heterocycles. The number of ether oxygens (including phenoxy) is 2. The second kappa shape index (κ2) is 12.9. The van der Waals surface area contributed by atoms with E-state index in [1.807, 2.05) is 13.8 Å². The molecule has 1 saturated heterocycles. The van der Waals surface area contributed by atoms with E-state index in [0.29, 0.717) is 12.5 Å². The Morgan fingerprint density at radius 1 is 0.775 bits per heavy atom. The Labute approximate surface area is 247 Å². The summed E-state index contributed by atoms with van der Waals surface area (Å²) in [6.45, 7) is 26.4. The summed E-state index contributed by atoms with van der Waals surface area (Å²) in [6.07, 6.45) is 2.96.